The van der Waals surface area contributed by atoms with Crippen LogP contribution in [0.1, 0.15) is 32.6 Å². The highest BCUT2D eigenvalue weighted by Gasteiger charge is 2.31. The first-order valence-electron chi connectivity index (χ1n) is 6.58. The fourth-order valence-corrected chi connectivity index (χ4v) is 2.61. The molecule has 18 heavy (non-hydrogen) atoms. The summed E-state index contributed by atoms with van der Waals surface area (Å²) in [5, 5.41) is 12.0. The van der Waals surface area contributed by atoms with Crippen LogP contribution >= 0.6 is 0 Å². The number of carbonyl (C=O) groups is 2. The molecule has 0 aliphatic heterocycles. The summed E-state index contributed by atoms with van der Waals surface area (Å²) in [6.45, 7) is 2.76. The average Bonchev–Trinajstić information content (AvgIpc) is 2.27. The van der Waals surface area contributed by atoms with Crippen molar-refractivity contribution in [2.75, 3.05) is 20.6 Å². The van der Waals surface area contributed by atoms with E-state index in [0.717, 1.165) is 19.4 Å². The standard InChI is InChI=1S/C13H24N2O3/c1-9(8-15(2)3)14-12(16)10-5-4-6-11(7-10)13(17)18/h9-11H,4-8H2,1-3H3,(H,14,16)(H,17,18). The fraction of sp³-hybridized carbons (Fsp3) is 0.846. The molecular weight excluding hydrogens is 232 g/mol. The molecule has 0 radical (unpaired) electrons. The molecule has 0 aromatic carbocycles. The van der Waals surface area contributed by atoms with Crippen LogP contribution in [-0.4, -0.2) is 48.6 Å². The molecule has 0 bridgehead atoms. The smallest absolute Gasteiger partial charge is 0.306 e. The highest BCUT2D eigenvalue weighted by molar-refractivity contribution is 5.80. The van der Waals surface area contributed by atoms with Gasteiger partial charge in [-0.3, -0.25) is 9.59 Å². The van der Waals surface area contributed by atoms with E-state index in [4.69, 9.17) is 5.11 Å². The Morgan fingerprint density at radius 1 is 1.33 bits per heavy atom. The number of carboxylic acids is 1. The second-order valence-electron chi connectivity index (χ2n) is 5.57. The molecular formula is C13H24N2O3. The molecule has 1 saturated carbocycles. The maximum Gasteiger partial charge on any atom is 0.306 e. The summed E-state index contributed by atoms with van der Waals surface area (Å²) < 4.78 is 0. The number of nitrogens with one attached hydrogen (secondary N) is 1. The summed E-state index contributed by atoms with van der Waals surface area (Å²) in [5.41, 5.74) is 0. The molecule has 2 N–H and O–H groups in total. The van der Waals surface area contributed by atoms with Crippen molar-refractivity contribution in [3.8, 4) is 0 Å². The van der Waals surface area contributed by atoms with Gasteiger partial charge in [0.15, 0.2) is 0 Å². The van der Waals surface area contributed by atoms with E-state index in [-0.39, 0.29) is 23.8 Å². The van der Waals surface area contributed by atoms with Crippen LogP contribution in [0.2, 0.25) is 0 Å². The maximum absolute atomic E-state index is 12.0. The van der Waals surface area contributed by atoms with Gasteiger partial charge in [-0.05, 0) is 40.3 Å². The highest BCUT2D eigenvalue weighted by Crippen LogP contribution is 2.29. The number of hydrogen-bond acceptors (Lipinski definition) is 3. The minimum atomic E-state index is -0.770. The van der Waals surface area contributed by atoms with Gasteiger partial charge in [-0.25, -0.2) is 0 Å². The van der Waals surface area contributed by atoms with Crippen LogP contribution in [0.5, 0.6) is 0 Å². The van der Waals surface area contributed by atoms with Crippen molar-refractivity contribution in [3.05, 3.63) is 0 Å². The van der Waals surface area contributed by atoms with Crippen LogP contribution in [0.25, 0.3) is 0 Å². The molecule has 1 fully saturated rings. The van der Waals surface area contributed by atoms with E-state index in [9.17, 15) is 9.59 Å². The molecule has 1 rings (SSSR count). The topological polar surface area (TPSA) is 69.6 Å². The lowest BCUT2D eigenvalue weighted by molar-refractivity contribution is -0.144. The second kappa shape index (κ2) is 6.73. The van der Waals surface area contributed by atoms with E-state index in [0.29, 0.717) is 12.8 Å². The molecule has 1 aliphatic carbocycles. The number of nitrogens with zero attached hydrogens (tertiary/aromatic N) is 1. The quantitative estimate of drug-likeness (QED) is 0.768. The Kier molecular flexibility index (Phi) is 5.59. The molecule has 0 spiro atoms. The van der Waals surface area contributed by atoms with Gasteiger partial charge in [0.1, 0.15) is 0 Å². The minimum Gasteiger partial charge on any atom is -0.481 e. The normalized spacial score (nSPS) is 25.8. The highest BCUT2D eigenvalue weighted by atomic mass is 16.4. The molecule has 0 heterocycles. The van der Waals surface area contributed by atoms with Crippen LogP contribution in [0.15, 0.2) is 0 Å². The van der Waals surface area contributed by atoms with Crippen LogP contribution in [0.3, 0.4) is 0 Å². The lowest BCUT2D eigenvalue weighted by Crippen LogP contribution is -2.43. The van der Waals surface area contributed by atoms with Crippen LogP contribution in [-0.2, 0) is 9.59 Å². The van der Waals surface area contributed by atoms with E-state index >= 15 is 0 Å². The summed E-state index contributed by atoms with van der Waals surface area (Å²) in [4.78, 5) is 25.0. The van der Waals surface area contributed by atoms with Crippen molar-refractivity contribution in [1.29, 1.82) is 0 Å². The lowest BCUT2D eigenvalue weighted by Gasteiger charge is -2.27. The first-order chi connectivity index (χ1) is 8.40. The zero-order valence-corrected chi connectivity index (χ0v) is 11.5. The van der Waals surface area contributed by atoms with Gasteiger partial charge in [0.2, 0.25) is 5.91 Å². The van der Waals surface area contributed by atoms with Crippen molar-refractivity contribution < 1.29 is 14.7 Å². The number of carboxylic acid groups (broad SMARTS) is 1. The van der Waals surface area contributed by atoms with Gasteiger partial charge < -0.3 is 15.3 Å². The van der Waals surface area contributed by atoms with Gasteiger partial charge in [0.05, 0.1) is 5.92 Å². The molecule has 104 valence electrons. The SMILES string of the molecule is CC(CN(C)C)NC(=O)C1CCCC(C(=O)O)C1. The molecule has 5 heteroatoms. The number of likely N-dealkylation sites (N-methyl/N-ethyl adjacent to an activating group) is 1. The summed E-state index contributed by atoms with van der Waals surface area (Å²) in [5.74, 6) is -1.24. The zero-order chi connectivity index (χ0) is 13.7. The Balaban J connectivity index is 2.43. The summed E-state index contributed by atoms with van der Waals surface area (Å²) in [6.07, 6.45) is 2.82. The van der Waals surface area contributed by atoms with Crippen LogP contribution in [0, 0.1) is 11.8 Å². The molecule has 0 aromatic rings. The Morgan fingerprint density at radius 2 is 1.94 bits per heavy atom. The Bertz CT molecular complexity index is 305. The van der Waals surface area contributed by atoms with Crippen LogP contribution in [0.4, 0.5) is 0 Å². The third-order valence-electron chi connectivity index (χ3n) is 3.42. The summed E-state index contributed by atoms with van der Waals surface area (Å²) in [7, 11) is 3.92. The average molecular weight is 256 g/mol. The molecule has 1 aliphatic rings. The van der Waals surface area contributed by atoms with Gasteiger partial charge in [0.25, 0.3) is 0 Å². The Hall–Kier alpha value is -1.10. The predicted molar refractivity (Wildman–Crippen MR) is 69.2 cm³/mol. The summed E-state index contributed by atoms with van der Waals surface area (Å²) in [6, 6.07) is 0.0951. The number of carbonyl (C=O) groups excluding carboxylic acids is 1. The van der Waals surface area contributed by atoms with Gasteiger partial charge >= 0.3 is 5.97 Å². The Labute approximate surface area is 109 Å². The van der Waals surface area contributed by atoms with Crippen molar-refractivity contribution in [2.24, 2.45) is 11.8 Å². The first-order valence-corrected chi connectivity index (χ1v) is 6.58. The number of amides is 1. The van der Waals surface area contributed by atoms with Crippen LogP contribution < -0.4 is 5.32 Å². The van der Waals surface area contributed by atoms with Gasteiger partial charge in [-0.2, -0.15) is 0 Å². The number of hydrogen-bond donors (Lipinski definition) is 2. The molecule has 5 nitrogen and oxygen atoms in total. The van der Waals surface area contributed by atoms with Crippen molar-refractivity contribution in [1.82, 2.24) is 10.2 Å². The molecule has 3 atom stereocenters. The molecule has 0 saturated heterocycles. The van der Waals surface area contributed by atoms with Crippen molar-refractivity contribution >= 4 is 11.9 Å². The number of aliphatic carboxylic acids is 1. The van der Waals surface area contributed by atoms with Crippen molar-refractivity contribution in [2.45, 2.75) is 38.6 Å². The Morgan fingerprint density at radius 3 is 2.50 bits per heavy atom. The molecule has 1 amide bonds. The lowest BCUT2D eigenvalue weighted by atomic mass is 9.81. The monoisotopic (exact) mass is 256 g/mol. The molecule has 0 aromatic heterocycles. The maximum atomic E-state index is 12.0. The first kappa shape index (κ1) is 15.0. The third kappa shape index (κ3) is 4.64. The summed E-state index contributed by atoms with van der Waals surface area (Å²) >= 11 is 0. The van der Waals surface area contributed by atoms with E-state index in [1.165, 1.54) is 0 Å². The fourth-order valence-electron chi connectivity index (χ4n) is 2.61. The minimum absolute atomic E-state index is 0.00954. The largest absolute Gasteiger partial charge is 0.481 e. The van der Waals surface area contributed by atoms with E-state index in [1.54, 1.807) is 0 Å². The predicted octanol–water partition coefficient (Wildman–Crippen LogP) is 0.944. The van der Waals surface area contributed by atoms with Gasteiger partial charge in [-0.1, -0.05) is 6.42 Å². The zero-order valence-electron chi connectivity index (χ0n) is 11.5. The molecule has 3 unspecified atom stereocenters. The van der Waals surface area contributed by atoms with E-state index in [2.05, 4.69) is 5.32 Å². The van der Waals surface area contributed by atoms with E-state index < -0.39 is 5.97 Å². The second-order valence-corrected chi connectivity index (χ2v) is 5.57. The van der Waals surface area contributed by atoms with Gasteiger partial charge in [0, 0.05) is 18.5 Å². The van der Waals surface area contributed by atoms with E-state index in [1.807, 2.05) is 25.9 Å². The number of rotatable bonds is 5. The van der Waals surface area contributed by atoms with Gasteiger partial charge in [-0.15, -0.1) is 0 Å². The van der Waals surface area contributed by atoms with Crippen molar-refractivity contribution in [3.63, 3.8) is 0 Å². The third-order valence-corrected chi connectivity index (χ3v) is 3.42.